The number of hydrogen-bond acceptors (Lipinski definition) is 3. The standard InChI is InChI=1S/C19H37N5O.HI/c1-6-20-19(21-10-12-24(15(4)5)17-7-8-17)22-16-9-11-23(13-16)18(25)14(2)3;/h14-17H,6-13H2,1-5H3,(H2,20,21,22);1H. The van der Waals surface area contributed by atoms with Crippen LogP contribution < -0.4 is 10.6 Å². The number of guanidine groups is 1. The zero-order chi connectivity index (χ0) is 18.4. The Kier molecular flexibility index (Phi) is 10.2. The first-order valence-corrected chi connectivity index (χ1v) is 10.0. The molecule has 1 aliphatic heterocycles. The third-order valence-corrected chi connectivity index (χ3v) is 4.99. The van der Waals surface area contributed by atoms with Gasteiger partial charge in [-0.2, -0.15) is 0 Å². The van der Waals surface area contributed by atoms with Crippen molar-refractivity contribution in [1.82, 2.24) is 20.4 Å². The second-order valence-electron chi connectivity index (χ2n) is 7.89. The Hall–Kier alpha value is -0.570. The SMILES string of the molecule is CCNC(=NCCN(C(C)C)C1CC1)NC1CCN(C(=O)C(C)C)C1.I. The number of hydrogen-bond donors (Lipinski definition) is 2. The molecule has 0 radical (unpaired) electrons. The van der Waals surface area contributed by atoms with Crippen LogP contribution in [0.25, 0.3) is 0 Å². The van der Waals surface area contributed by atoms with Gasteiger partial charge >= 0.3 is 0 Å². The minimum atomic E-state index is 0. The average Bonchev–Trinajstić information content (AvgIpc) is 3.28. The Labute approximate surface area is 176 Å². The Balaban J connectivity index is 0.00000338. The van der Waals surface area contributed by atoms with Crippen LogP contribution in [-0.4, -0.2) is 72.5 Å². The number of rotatable bonds is 8. The van der Waals surface area contributed by atoms with E-state index in [9.17, 15) is 4.79 Å². The van der Waals surface area contributed by atoms with Crippen molar-refractivity contribution in [2.24, 2.45) is 10.9 Å². The number of nitrogens with one attached hydrogen (secondary N) is 2. The molecule has 1 aliphatic carbocycles. The van der Waals surface area contributed by atoms with Gasteiger partial charge in [-0.05, 0) is 40.0 Å². The maximum atomic E-state index is 12.1. The van der Waals surface area contributed by atoms with Gasteiger partial charge in [0.2, 0.25) is 5.91 Å². The summed E-state index contributed by atoms with van der Waals surface area (Å²) in [5.74, 6) is 1.21. The van der Waals surface area contributed by atoms with E-state index in [1.54, 1.807) is 0 Å². The minimum Gasteiger partial charge on any atom is -0.357 e. The Bertz CT molecular complexity index is 463. The molecule has 0 bridgehead atoms. The fourth-order valence-corrected chi connectivity index (χ4v) is 3.50. The van der Waals surface area contributed by atoms with Crippen molar-refractivity contribution in [3.8, 4) is 0 Å². The zero-order valence-corrected chi connectivity index (χ0v) is 19.5. The molecule has 2 N–H and O–H groups in total. The van der Waals surface area contributed by atoms with Crippen LogP contribution in [0.15, 0.2) is 4.99 Å². The molecule has 0 spiro atoms. The van der Waals surface area contributed by atoms with Crippen molar-refractivity contribution >= 4 is 35.8 Å². The highest BCUT2D eigenvalue weighted by Gasteiger charge is 2.30. The first-order chi connectivity index (χ1) is 11.9. The van der Waals surface area contributed by atoms with Crippen molar-refractivity contribution in [2.75, 3.05) is 32.7 Å². The van der Waals surface area contributed by atoms with Crippen LogP contribution in [-0.2, 0) is 4.79 Å². The predicted molar refractivity (Wildman–Crippen MR) is 119 cm³/mol. The Morgan fingerprint density at radius 3 is 2.46 bits per heavy atom. The van der Waals surface area contributed by atoms with E-state index in [0.717, 1.165) is 51.1 Å². The van der Waals surface area contributed by atoms with Crippen LogP contribution in [0.5, 0.6) is 0 Å². The van der Waals surface area contributed by atoms with Crippen LogP contribution in [0.4, 0.5) is 0 Å². The summed E-state index contributed by atoms with van der Waals surface area (Å²) in [7, 11) is 0. The van der Waals surface area contributed by atoms with E-state index in [1.165, 1.54) is 12.8 Å². The van der Waals surface area contributed by atoms with Crippen molar-refractivity contribution in [3.05, 3.63) is 0 Å². The van der Waals surface area contributed by atoms with Crippen molar-refractivity contribution in [2.45, 2.75) is 72.0 Å². The molecule has 1 saturated carbocycles. The summed E-state index contributed by atoms with van der Waals surface area (Å²) in [6.45, 7) is 14.9. The number of likely N-dealkylation sites (tertiary alicyclic amines) is 1. The maximum Gasteiger partial charge on any atom is 0.225 e. The summed E-state index contributed by atoms with van der Waals surface area (Å²) >= 11 is 0. The Morgan fingerprint density at radius 2 is 1.92 bits per heavy atom. The highest BCUT2D eigenvalue weighted by molar-refractivity contribution is 14.0. The van der Waals surface area contributed by atoms with Crippen molar-refractivity contribution in [1.29, 1.82) is 0 Å². The summed E-state index contributed by atoms with van der Waals surface area (Å²) in [4.78, 5) is 21.4. The normalized spacial score (nSPS) is 20.7. The molecular formula is C19H38IN5O. The summed E-state index contributed by atoms with van der Waals surface area (Å²) in [5.41, 5.74) is 0. The van der Waals surface area contributed by atoms with E-state index in [4.69, 9.17) is 4.99 Å². The van der Waals surface area contributed by atoms with Crippen LogP contribution in [0.2, 0.25) is 0 Å². The molecule has 26 heavy (non-hydrogen) atoms. The molecule has 1 amide bonds. The molecular weight excluding hydrogens is 441 g/mol. The fraction of sp³-hybridized carbons (Fsp3) is 0.895. The smallest absolute Gasteiger partial charge is 0.225 e. The van der Waals surface area contributed by atoms with Crippen LogP contribution in [0, 0.1) is 5.92 Å². The lowest BCUT2D eigenvalue weighted by Crippen LogP contribution is -2.45. The van der Waals surface area contributed by atoms with Gasteiger partial charge < -0.3 is 15.5 Å². The monoisotopic (exact) mass is 479 g/mol. The van der Waals surface area contributed by atoms with E-state index in [0.29, 0.717) is 12.1 Å². The lowest BCUT2D eigenvalue weighted by atomic mass is 10.2. The van der Waals surface area contributed by atoms with Crippen molar-refractivity contribution in [3.63, 3.8) is 0 Å². The van der Waals surface area contributed by atoms with E-state index >= 15 is 0 Å². The number of carbonyl (C=O) groups excluding carboxylic acids is 1. The first kappa shape index (κ1) is 23.5. The molecule has 1 atom stereocenters. The molecule has 152 valence electrons. The molecule has 1 heterocycles. The van der Waals surface area contributed by atoms with E-state index < -0.39 is 0 Å². The number of halogens is 1. The minimum absolute atomic E-state index is 0. The largest absolute Gasteiger partial charge is 0.357 e. The molecule has 2 rings (SSSR count). The highest BCUT2D eigenvalue weighted by atomic mass is 127. The number of nitrogens with zero attached hydrogens (tertiary/aromatic N) is 3. The maximum absolute atomic E-state index is 12.1. The zero-order valence-electron chi connectivity index (χ0n) is 17.1. The summed E-state index contributed by atoms with van der Waals surface area (Å²) in [5, 5.41) is 6.86. The Morgan fingerprint density at radius 1 is 1.23 bits per heavy atom. The molecule has 7 heteroatoms. The molecule has 1 saturated heterocycles. The van der Waals surface area contributed by atoms with Gasteiger partial charge in [0.15, 0.2) is 5.96 Å². The van der Waals surface area contributed by atoms with E-state index in [-0.39, 0.29) is 35.8 Å². The van der Waals surface area contributed by atoms with Crippen LogP contribution >= 0.6 is 24.0 Å². The molecule has 0 aromatic rings. The quantitative estimate of drug-likeness (QED) is 0.319. The van der Waals surface area contributed by atoms with Gasteiger partial charge in [0.1, 0.15) is 0 Å². The summed E-state index contributed by atoms with van der Waals surface area (Å²) in [6, 6.07) is 1.66. The predicted octanol–water partition coefficient (Wildman–Crippen LogP) is 2.29. The van der Waals surface area contributed by atoms with Crippen molar-refractivity contribution < 1.29 is 4.79 Å². The third-order valence-electron chi connectivity index (χ3n) is 4.99. The molecule has 0 aromatic heterocycles. The van der Waals surface area contributed by atoms with Gasteiger partial charge in [0.25, 0.3) is 0 Å². The topological polar surface area (TPSA) is 60.0 Å². The van der Waals surface area contributed by atoms with Gasteiger partial charge in [0, 0.05) is 50.2 Å². The summed E-state index contributed by atoms with van der Waals surface area (Å²) in [6.07, 6.45) is 3.66. The van der Waals surface area contributed by atoms with E-state index in [1.807, 2.05) is 18.7 Å². The second kappa shape index (κ2) is 11.3. The molecule has 0 aromatic carbocycles. The third kappa shape index (κ3) is 7.21. The lowest BCUT2D eigenvalue weighted by Gasteiger charge is -2.25. The fourth-order valence-electron chi connectivity index (χ4n) is 3.50. The molecule has 6 nitrogen and oxygen atoms in total. The van der Waals surface area contributed by atoms with Crippen LogP contribution in [0.1, 0.15) is 53.9 Å². The molecule has 2 aliphatic rings. The van der Waals surface area contributed by atoms with Gasteiger partial charge in [-0.3, -0.25) is 14.7 Å². The number of amides is 1. The highest BCUT2D eigenvalue weighted by Crippen LogP contribution is 2.28. The van der Waals surface area contributed by atoms with Gasteiger partial charge in [0.05, 0.1) is 6.54 Å². The second-order valence-corrected chi connectivity index (χ2v) is 7.89. The lowest BCUT2D eigenvalue weighted by molar-refractivity contribution is -0.133. The number of aliphatic imine (C=N–C) groups is 1. The van der Waals surface area contributed by atoms with Gasteiger partial charge in [-0.1, -0.05) is 13.8 Å². The number of carbonyl (C=O) groups is 1. The molecule has 1 unspecified atom stereocenters. The molecule has 2 fully saturated rings. The average molecular weight is 479 g/mol. The van der Waals surface area contributed by atoms with Gasteiger partial charge in [-0.25, -0.2) is 0 Å². The van der Waals surface area contributed by atoms with Gasteiger partial charge in [-0.15, -0.1) is 24.0 Å². The summed E-state index contributed by atoms with van der Waals surface area (Å²) < 4.78 is 0. The van der Waals surface area contributed by atoms with E-state index in [2.05, 4.69) is 36.3 Å². The van der Waals surface area contributed by atoms with Crippen LogP contribution in [0.3, 0.4) is 0 Å². The first-order valence-electron chi connectivity index (χ1n) is 10.0.